The minimum absolute atomic E-state index is 0.158. The van der Waals surface area contributed by atoms with E-state index in [-0.39, 0.29) is 11.7 Å². The number of hydrogen-bond acceptors (Lipinski definition) is 3. The summed E-state index contributed by atoms with van der Waals surface area (Å²) in [4.78, 5) is 7.59. The third kappa shape index (κ3) is 1.98. The van der Waals surface area contributed by atoms with Gasteiger partial charge in [-0.15, -0.1) is 0 Å². The largest absolute Gasteiger partial charge is 0.479 e. The Balaban J connectivity index is 2.48. The van der Waals surface area contributed by atoms with Crippen molar-refractivity contribution >= 4 is 0 Å². The van der Waals surface area contributed by atoms with Crippen LogP contribution in [0, 0.1) is 11.6 Å². The van der Waals surface area contributed by atoms with E-state index >= 15 is 0 Å². The van der Waals surface area contributed by atoms with Crippen LogP contribution in [0.1, 0.15) is 0 Å². The van der Waals surface area contributed by atoms with Gasteiger partial charge in [-0.2, -0.15) is 9.37 Å². The number of rotatable bonds is 2. The Hall–Kier alpha value is -2.04. The van der Waals surface area contributed by atoms with E-state index in [1.807, 2.05) is 0 Å². The van der Waals surface area contributed by atoms with Crippen molar-refractivity contribution in [3.63, 3.8) is 0 Å². The SMILES string of the molecule is COc1nc(-c2cccc(F)c2)ncc1F. The molecule has 3 nitrogen and oxygen atoms in total. The fraction of sp³-hybridized carbons (Fsp3) is 0.0909. The molecule has 0 saturated carbocycles. The molecule has 1 aromatic heterocycles. The lowest BCUT2D eigenvalue weighted by atomic mass is 10.2. The van der Waals surface area contributed by atoms with Gasteiger partial charge in [-0.1, -0.05) is 12.1 Å². The number of hydrogen-bond donors (Lipinski definition) is 0. The predicted molar refractivity (Wildman–Crippen MR) is 53.9 cm³/mol. The van der Waals surface area contributed by atoms with Crippen LogP contribution in [0.3, 0.4) is 0 Å². The molecule has 0 atom stereocenters. The van der Waals surface area contributed by atoms with Gasteiger partial charge in [0.1, 0.15) is 5.82 Å². The Bertz CT molecular complexity index is 517. The number of nitrogens with zero attached hydrogens (tertiary/aromatic N) is 2. The van der Waals surface area contributed by atoms with Gasteiger partial charge in [-0.3, -0.25) is 0 Å². The molecule has 82 valence electrons. The molecular weight excluding hydrogens is 214 g/mol. The van der Waals surface area contributed by atoms with E-state index in [2.05, 4.69) is 9.97 Å². The van der Waals surface area contributed by atoms with Gasteiger partial charge in [0.15, 0.2) is 5.82 Å². The fourth-order valence-corrected chi connectivity index (χ4v) is 1.26. The maximum atomic E-state index is 13.0. The molecule has 2 rings (SSSR count). The molecule has 1 heterocycles. The van der Waals surface area contributed by atoms with Crippen molar-refractivity contribution in [2.75, 3.05) is 7.11 Å². The van der Waals surface area contributed by atoms with Crippen LogP contribution in [-0.4, -0.2) is 17.1 Å². The number of halogens is 2. The Labute approximate surface area is 90.7 Å². The van der Waals surface area contributed by atoms with Gasteiger partial charge >= 0.3 is 0 Å². The minimum Gasteiger partial charge on any atom is -0.479 e. The molecule has 0 fully saturated rings. The molecule has 0 radical (unpaired) electrons. The van der Waals surface area contributed by atoms with E-state index in [1.165, 1.54) is 25.3 Å². The Kier molecular flexibility index (Phi) is 2.76. The van der Waals surface area contributed by atoms with E-state index in [0.717, 1.165) is 6.20 Å². The summed E-state index contributed by atoms with van der Waals surface area (Å²) < 4.78 is 30.7. The number of aromatic nitrogens is 2. The van der Waals surface area contributed by atoms with Crippen molar-refractivity contribution in [2.24, 2.45) is 0 Å². The van der Waals surface area contributed by atoms with Crippen molar-refractivity contribution in [1.82, 2.24) is 9.97 Å². The van der Waals surface area contributed by atoms with Crippen LogP contribution >= 0.6 is 0 Å². The average Bonchev–Trinajstić information content (AvgIpc) is 2.29. The molecule has 0 aliphatic heterocycles. The van der Waals surface area contributed by atoms with Gasteiger partial charge in [0.05, 0.1) is 13.3 Å². The highest BCUT2D eigenvalue weighted by molar-refractivity contribution is 5.55. The van der Waals surface area contributed by atoms with Crippen LogP contribution in [0.2, 0.25) is 0 Å². The second-order valence-electron chi connectivity index (χ2n) is 3.06. The molecule has 5 heteroatoms. The Morgan fingerprint density at radius 2 is 2.06 bits per heavy atom. The highest BCUT2D eigenvalue weighted by Crippen LogP contribution is 2.19. The van der Waals surface area contributed by atoms with Gasteiger partial charge in [0.2, 0.25) is 5.82 Å². The first-order valence-electron chi connectivity index (χ1n) is 4.53. The maximum Gasteiger partial charge on any atom is 0.253 e. The van der Waals surface area contributed by atoms with Crippen molar-refractivity contribution in [2.45, 2.75) is 0 Å². The molecule has 0 aliphatic carbocycles. The predicted octanol–water partition coefficient (Wildman–Crippen LogP) is 2.43. The van der Waals surface area contributed by atoms with Crippen LogP contribution in [0.4, 0.5) is 8.78 Å². The second kappa shape index (κ2) is 4.22. The molecule has 2 aromatic rings. The first-order chi connectivity index (χ1) is 7.70. The van der Waals surface area contributed by atoms with Gasteiger partial charge in [-0.25, -0.2) is 9.37 Å². The topological polar surface area (TPSA) is 35.0 Å². The minimum atomic E-state index is -0.650. The Morgan fingerprint density at radius 1 is 1.25 bits per heavy atom. The molecule has 0 spiro atoms. The molecule has 16 heavy (non-hydrogen) atoms. The smallest absolute Gasteiger partial charge is 0.253 e. The average molecular weight is 222 g/mol. The van der Waals surface area contributed by atoms with Crippen LogP contribution < -0.4 is 4.74 Å². The van der Waals surface area contributed by atoms with Gasteiger partial charge in [-0.05, 0) is 12.1 Å². The van der Waals surface area contributed by atoms with Crippen LogP contribution in [-0.2, 0) is 0 Å². The maximum absolute atomic E-state index is 13.0. The highest BCUT2D eigenvalue weighted by Gasteiger charge is 2.08. The summed E-state index contributed by atoms with van der Waals surface area (Å²) in [5.74, 6) is -0.987. The fourth-order valence-electron chi connectivity index (χ4n) is 1.26. The normalized spacial score (nSPS) is 10.2. The number of ether oxygens (including phenoxy) is 1. The van der Waals surface area contributed by atoms with Crippen molar-refractivity contribution < 1.29 is 13.5 Å². The van der Waals surface area contributed by atoms with Crippen molar-refractivity contribution in [3.05, 3.63) is 42.1 Å². The molecule has 0 saturated heterocycles. The first-order valence-corrected chi connectivity index (χ1v) is 4.53. The van der Waals surface area contributed by atoms with Crippen molar-refractivity contribution in [3.8, 4) is 17.3 Å². The van der Waals surface area contributed by atoms with Gasteiger partial charge in [0, 0.05) is 5.56 Å². The van der Waals surface area contributed by atoms with Crippen molar-refractivity contribution in [1.29, 1.82) is 0 Å². The molecule has 1 aromatic carbocycles. The lowest BCUT2D eigenvalue weighted by molar-refractivity contribution is 0.367. The standard InChI is InChI=1S/C11H8F2N2O/c1-16-11-9(13)6-14-10(15-11)7-3-2-4-8(12)5-7/h2-6H,1H3. The lowest BCUT2D eigenvalue weighted by Gasteiger charge is -2.03. The number of methoxy groups -OCH3 is 1. The summed E-state index contributed by atoms with van der Waals surface area (Å²) in [6, 6.07) is 5.75. The summed E-state index contributed by atoms with van der Waals surface area (Å²) in [6.45, 7) is 0. The molecule has 0 bridgehead atoms. The van der Waals surface area contributed by atoms with Crippen LogP contribution in [0.15, 0.2) is 30.5 Å². The summed E-state index contributed by atoms with van der Waals surface area (Å²) in [5, 5.41) is 0. The molecule has 0 N–H and O–H groups in total. The van der Waals surface area contributed by atoms with Gasteiger partial charge in [0.25, 0.3) is 5.88 Å². The zero-order valence-electron chi connectivity index (χ0n) is 8.45. The summed E-state index contributed by atoms with van der Waals surface area (Å²) >= 11 is 0. The van der Waals surface area contributed by atoms with Crippen LogP contribution in [0.25, 0.3) is 11.4 Å². The van der Waals surface area contributed by atoms with E-state index in [4.69, 9.17) is 4.74 Å². The highest BCUT2D eigenvalue weighted by atomic mass is 19.1. The molecule has 0 amide bonds. The zero-order chi connectivity index (χ0) is 11.5. The first kappa shape index (κ1) is 10.5. The monoisotopic (exact) mass is 222 g/mol. The van der Waals surface area contributed by atoms with E-state index < -0.39 is 11.6 Å². The van der Waals surface area contributed by atoms with Gasteiger partial charge < -0.3 is 4.74 Å². The Morgan fingerprint density at radius 3 is 2.75 bits per heavy atom. The van der Waals surface area contributed by atoms with Crippen LogP contribution in [0.5, 0.6) is 5.88 Å². The summed E-state index contributed by atoms with van der Waals surface area (Å²) in [6.07, 6.45) is 0.992. The van der Waals surface area contributed by atoms with E-state index in [0.29, 0.717) is 5.56 Å². The molecular formula is C11H8F2N2O. The van der Waals surface area contributed by atoms with E-state index in [1.54, 1.807) is 6.07 Å². The third-order valence-electron chi connectivity index (χ3n) is 1.99. The van der Waals surface area contributed by atoms with E-state index in [9.17, 15) is 8.78 Å². The zero-order valence-corrected chi connectivity index (χ0v) is 8.45. The number of benzene rings is 1. The quantitative estimate of drug-likeness (QED) is 0.782. The lowest BCUT2D eigenvalue weighted by Crippen LogP contribution is -1.97. The second-order valence-corrected chi connectivity index (χ2v) is 3.06. The molecule has 0 unspecified atom stereocenters. The third-order valence-corrected chi connectivity index (χ3v) is 1.99. The summed E-state index contributed by atoms with van der Waals surface area (Å²) in [7, 11) is 1.31. The molecule has 0 aliphatic rings. The summed E-state index contributed by atoms with van der Waals surface area (Å²) in [5.41, 5.74) is 0.471.